The predicted octanol–water partition coefficient (Wildman–Crippen LogP) is 4.09. The van der Waals surface area contributed by atoms with Crippen LogP contribution in [0.1, 0.15) is 53.9 Å². The van der Waals surface area contributed by atoms with Gasteiger partial charge in [0.15, 0.2) is 0 Å². The van der Waals surface area contributed by atoms with E-state index in [-0.39, 0.29) is 18.0 Å². The Morgan fingerprint density at radius 3 is 2.15 bits per heavy atom. The maximum Gasteiger partial charge on any atom is 0.318 e. The molecule has 0 saturated carbocycles. The summed E-state index contributed by atoms with van der Waals surface area (Å²) in [6, 6.07) is 17.9. The van der Waals surface area contributed by atoms with Gasteiger partial charge in [0.2, 0.25) is 0 Å². The molecule has 3 nitrogen and oxygen atoms in total. The smallest absolute Gasteiger partial charge is 0.318 e. The normalized spacial score (nSPS) is 27.5. The van der Waals surface area contributed by atoms with E-state index < -0.39 is 0 Å². The zero-order valence-electron chi connectivity index (χ0n) is 15.9. The molecule has 2 aliphatic heterocycles. The Labute approximate surface area is 161 Å². The molecule has 2 aromatic carbocycles. The Balaban J connectivity index is 1.49. The summed E-state index contributed by atoms with van der Waals surface area (Å²) in [6.07, 6.45) is 6.52. The van der Waals surface area contributed by atoms with Crippen molar-refractivity contribution in [1.82, 2.24) is 4.90 Å². The SMILES string of the molecule is CN1[C@@H]2CC[C@H](OC(=O)C3c4ccccc4CCc4ccccc43)[C@H]1CC2. The summed E-state index contributed by atoms with van der Waals surface area (Å²) < 4.78 is 6.22. The van der Waals surface area contributed by atoms with Crippen LogP contribution in [-0.4, -0.2) is 36.1 Å². The molecule has 2 fully saturated rings. The minimum absolute atomic E-state index is 0.0313. The third-order valence-corrected chi connectivity index (χ3v) is 7.01. The molecule has 3 aliphatic rings. The van der Waals surface area contributed by atoms with E-state index in [0.717, 1.165) is 43.2 Å². The average molecular weight is 361 g/mol. The van der Waals surface area contributed by atoms with Crippen molar-refractivity contribution >= 4 is 5.97 Å². The lowest BCUT2D eigenvalue weighted by Gasteiger charge is -2.37. The quantitative estimate of drug-likeness (QED) is 0.755. The minimum atomic E-state index is -0.302. The van der Waals surface area contributed by atoms with Crippen LogP contribution in [0.2, 0.25) is 0 Å². The van der Waals surface area contributed by atoms with Crippen LogP contribution in [0.3, 0.4) is 0 Å². The van der Waals surface area contributed by atoms with Crippen molar-refractivity contribution in [3.63, 3.8) is 0 Å². The van der Waals surface area contributed by atoms with Gasteiger partial charge in [0.05, 0.1) is 0 Å². The summed E-state index contributed by atoms with van der Waals surface area (Å²) in [5.41, 5.74) is 4.80. The number of fused-ring (bicyclic) bond motifs is 4. The van der Waals surface area contributed by atoms with Crippen molar-refractivity contribution in [2.45, 2.75) is 62.6 Å². The molecule has 0 aromatic heterocycles. The van der Waals surface area contributed by atoms with Crippen molar-refractivity contribution in [3.05, 3.63) is 70.8 Å². The second-order valence-corrected chi connectivity index (χ2v) is 8.35. The van der Waals surface area contributed by atoms with E-state index in [1.165, 1.54) is 17.5 Å². The maximum absolute atomic E-state index is 13.5. The minimum Gasteiger partial charge on any atom is -0.460 e. The number of benzene rings is 2. The van der Waals surface area contributed by atoms with E-state index in [0.29, 0.717) is 12.1 Å². The topological polar surface area (TPSA) is 29.5 Å². The van der Waals surface area contributed by atoms with Gasteiger partial charge in [0, 0.05) is 12.1 Å². The lowest BCUT2D eigenvalue weighted by molar-refractivity contribution is -0.155. The van der Waals surface area contributed by atoms with Crippen molar-refractivity contribution in [3.8, 4) is 0 Å². The first-order valence-electron chi connectivity index (χ1n) is 10.3. The number of nitrogens with zero attached hydrogens (tertiary/aromatic N) is 1. The molecular formula is C24H27NO2. The van der Waals surface area contributed by atoms with Gasteiger partial charge in [-0.2, -0.15) is 0 Å². The van der Waals surface area contributed by atoms with E-state index in [1.54, 1.807) is 0 Å². The summed E-state index contributed by atoms with van der Waals surface area (Å²) in [4.78, 5) is 15.9. The zero-order valence-corrected chi connectivity index (χ0v) is 15.9. The monoisotopic (exact) mass is 361 g/mol. The van der Waals surface area contributed by atoms with Crippen LogP contribution in [0.25, 0.3) is 0 Å². The first kappa shape index (κ1) is 17.0. The van der Waals surface area contributed by atoms with Crippen molar-refractivity contribution in [2.24, 2.45) is 0 Å². The van der Waals surface area contributed by atoms with Crippen molar-refractivity contribution in [1.29, 1.82) is 0 Å². The van der Waals surface area contributed by atoms with E-state index >= 15 is 0 Å². The van der Waals surface area contributed by atoms with Crippen LogP contribution in [0.4, 0.5) is 0 Å². The van der Waals surface area contributed by atoms with Crippen LogP contribution >= 0.6 is 0 Å². The highest BCUT2D eigenvalue weighted by atomic mass is 16.5. The molecule has 2 heterocycles. The van der Waals surface area contributed by atoms with Crippen LogP contribution in [-0.2, 0) is 22.4 Å². The second-order valence-electron chi connectivity index (χ2n) is 8.35. The molecule has 0 radical (unpaired) electrons. The fourth-order valence-electron chi connectivity index (χ4n) is 5.52. The second kappa shape index (κ2) is 6.79. The van der Waals surface area contributed by atoms with Gasteiger partial charge in [0.1, 0.15) is 12.0 Å². The van der Waals surface area contributed by atoms with E-state index in [1.807, 2.05) is 12.1 Å². The van der Waals surface area contributed by atoms with Crippen LogP contribution < -0.4 is 0 Å². The first-order valence-corrected chi connectivity index (χ1v) is 10.3. The van der Waals surface area contributed by atoms with E-state index in [2.05, 4.69) is 48.3 Å². The molecule has 27 heavy (non-hydrogen) atoms. The summed E-state index contributed by atoms with van der Waals surface area (Å²) in [5.74, 6) is -0.370. The lowest BCUT2D eigenvalue weighted by atomic mass is 9.88. The number of likely N-dealkylation sites (N-methyl/N-ethyl adjacent to an activating group) is 1. The number of hydrogen-bond acceptors (Lipinski definition) is 3. The zero-order chi connectivity index (χ0) is 18.4. The lowest BCUT2D eigenvalue weighted by Crippen LogP contribution is -2.47. The van der Waals surface area contributed by atoms with Gasteiger partial charge in [-0.15, -0.1) is 0 Å². The molecule has 3 atom stereocenters. The van der Waals surface area contributed by atoms with Crippen molar-refractivity contribution in [2.75, 3.05) is 7.05 Å². The fraction of sp³-hybridized carbons (Fsp3) is 0.458. The highest BCUT2D eigenvalue weighted by Crippen LogP contribution is 2.39. The molecule has 140 valence electrons. The van der Waals surface area contributed by atoms with Gasteiger partial charge in [-0.25, -0.2) is 0 Å². The molecule has 1 aliphatic carbocycles. The molecule has 0 spiro atoms. The number of hydrogen-bond donors (Lipinski definition) is 0. The molecule has 2 saturated heterocycles. The highest BCUT2D eigenvalue weighted by molar-refractivity contribution is 5.84. The number of ether oxygens (including phenoxy) is 1. The molecule has 2 aromatic rings. The van der Waals surface area contributed by atoms with Crippen LogP contribution in [0, 0.1) is 0 Å². The Hall–Kier alpha value is -2.13. The van der Waals surface area contributed by atoms with Gasteiger partial charge < -0.3 is 4.74 Å². The third-order valence-electron chi connectivity index (χ3n) is 7.01. The number of carbonyl (C=O) groups excluding carboxylic acids is 1. The summed E-state index contributed by atoms with van der Waals surface area (Å²) in [5, 5.41) is 0. The van der Waals surface area contributed by atoms with Gasteiger partial charge in [-0.05, 0) is 67.8 Å². The summed E-state index contributed by atoms with van der Waals surface area (Å²) in [7, 11) is 2.19. The molecule has 0 unspecified atom stereocenters. The summed E-state index contributed by atoms with van der Waals surface area (Å²) in [6.45, 7) is 0. The Bertz CT molecular complexity index is 813. The highest BCUT2D eigenvalue weighted by Gasteiger charge is 2.43. The van der Waals surface area contributed by atoms with Gasteiger partial charge >= 0.3 is 5.97 Å². The Morgan fingerprint density at radius 2 is 1.48 bits per heavy atom. The van der Waals surface area contributed by atoms with Crippen LogP contribution in [0.15, 0.2) is 48.5 Å². The van der Waals surface area contributed by atoms with Gasteiger partial charge in [-0.1, -0.05) is 48.5 Å². The number of aryl methyl sites for hydroxylation is 2. The Morgan fingerprint density at radius 1 is 0.889 bits per heavy atom. The van der Waals surface area contributed by atoms with Gasteiger partial charge in [0.25, 0.3) is 0 Å². The molecule has 0 amide bonds. The maximum atomic E-state index is 13.5. The predicted molar refractivity (Wildman–Crippen MR) is 106 cm³/mol. The van der Waals surface area contributed by atoms with E-state index in [4.69, 9.17) is 4.74 Å². The summed E-state index contributed by atoms with van der Waals surface area (Å²) >= 11 is 0. The van der Waals surface area contributed by atoms with E-state index in [9.17, 15) is 4.79 Å². The molecule has 5 rings (SSSR count). The van der Waals surface area contributed by atoms with Gasteiger partial charge in [-0.3, -0.25) is 9.69 Å². The molecule has 3 heteroatoms. The van der Waals surface area contributed by atoms with Crippen molar-refractivity contribution < 1.29 is 9.53 Å². The third kappa shape index (κ3) is 2.89. The molecule has 0 N–H and O–H groups in total. The Kier molecular flexibility index (Phi) is 4.28. The number of esters is 1. The number of carbonyl (C=O) groups is 1. The largest absolute Gasteiger partial charge is 0.460 e. The van der Waals surface area contributed by atoms with Crippen LogP contribution in [0.5, 0.6) is 0 Å². The number of piperidine rings is 1. The fourth-order valence-corrected chi connectivity index (χ4v) is 5.52. The standard InChI is InChI=1S/C24H27NO2/c1-25-18-12-14-21(25)22(15-13-18)27-24(26)23-19-8-4-2-6-16(19)10-11-17-7-3-5-9-20(17)23/h2-9,18,21-23H,10-15H2,1H3/t18-,21+,22-/m0/s1. The average Bonchev–Trinajstić information content (AvgIpc) is 2.85. The molecular weight excluding hydrogens is 334 g/mol. The first-order chi connectivity index (χ1) is 13.2. The number of rotatable bonds is 2. The molecule has 2 bridgehead atoms.